The van der Waals surface area contributed by atoms with Crippen LogP contribution in [0.3, 0.4) is 0 Å². The molecule has 1 saturated carbocycles. The second kappa shape index (κ2) is 8.42. The Morgan fingerprint density at radius 1 is 1.36 bits per heavy atom. The van der Waals surface area contributed by atoms with Crippen molar-refractivity contribution >= 4 is 18.3 Å². The van der Waals surface area contributed by atoms with Crippen LogP contribution in [-0.2, 0) is 11.3 Å². The van der Waals surface area contributed by atoms with Crippen LogP contribution in [0.1, 0.15) is 25.0 Å². The number of nitrogens with two attached hydrogens (primary N) is 1. The predicted octanol–water partition coefficient (Wildman–Crippen LogP) is 2.01. The fourth-order valence-electron chi connectivity index (χ4n) is 2.90. The van der Waals surface area contributed by atoms with E-state index < -0.39 is 6.10 Å². The summed E-state index contributed by atoms with van der Waals surface area (Å²) in [6, 6.07) is 7.29. The molecule has 0 radical (unpaired) electrons. The van der Waals surface area contributed by atoms with E-state index in [1.807, 2.05) is 0 Å². The van der Waals surface area contributed by atoms with Crippen LogP contribution in [-0.4, -0.2) is 28.3 Å². The number of hydrogen-bond donors (Lipinski definition) is 3. The average Bonchev–Trinajstić information content (AvgIpc) is 3.05. The van der Waals surface area contributed by atoms with Crippen LogP contribution in [0, 0.1) is 11.7 Å². The van der Waals surface area contributed by atoms with Crippen molar-refractivity contribution in [2.45, 2.75) is 38.0 Å². The van der Waals surface area contributed by atoms with E-state index in [4.69, 9.17) is 10.3 Å². The third-order valence-corrected chi connectivity index (χ3v) is 4.37. The first kappa shape index (κ1) is 19.4. The quantitative estimate of drug-likeness (QED) is 0.765. The Morgan fingerprint density at radius 2 is 2.08 bits per heavy atom. The standard InChI is InChI=1S/C17H20FN3O3.ClH/c18-12-4-1-10(2-5-12)15-8-13(24-21-15)9-20-17(23)11-3-6-16(22)14(19)7-11;/h1-2,4-5,8,11,14,16,22H,3,6-7,9,19H2,(H,20,23);1H/t11-,14+,16+;/m0./s1. The summed E-state index contributed by atoms with van der Waals surface area (Å²) in [4.78, 5) is 12.2. The Bertz CT molecular complexity index is 707. The number of hydrogen-bond acceptors (Lipinski definition) is 5. The maximum absolute atomic E-state index is 12.9. The number of carbonyl (C=O) groups is 1. The molecule has 0 bridgehead atoms. The number of carbonyl (C=O) groups excluding carboxylic acids is 1. The van der Waals surface area contributed by atoms with Crippen LogP contribution >= 0.6 is 12.4 Å². The van der Waals surface area contributed by atoms with E-state index in [0.29, 0.717) is 30.7 Å². The first-order chi connectivity index (χ1) is 11.5. The first-order valence-corrected chi connectivity index (χ1v) is 7.96. The zero-order chi connectivity index (χ0) is 17.1. The number of amides is 1. The largest absolute Gasteiger partial charge is 0.392 e. The molecule has 1 heterocycles. The highest BCUT2D eigenvalue weighted by molar-refractivity contribution is 5.85. The van der Waals surface area contributed by atoms with E-state index in [0.717, 1.165) is 5.56 Å². The highest BCUT2D eigenvalue weighted by atomic mass is 35.5. The van der Waals surface area contributed by atoms with Gasteiger partial charge in [-0.2, -0.15) is 0 Å². The Labute approximate surface area is 151 Å². The van der Waals surface area contributed by atoms with E-state index >= 15 is 0 Å². The number of halogens is 2. The van der Waals surface area contributed by atoms with Crippen LogP contribution in [0.5, 0.6) is 0 Å². The van der Waals surface area contributed by atoms with Gasteiger partial charge in [0.25, 0.3) is 0 Å². The summed E-state index contributed by atoms with van der Waals surface area (Å²) >= 11 is 0. The molecular weight excluding hydrogens is 349 g/mol. The lowest BCUT2D eigenvalue weighted by Crippen LogP contribution is -2.44. The molecule has 1 aliphatic rings. The van der Waals surface area contributed by atoms with Gasteiger partial charge in [-0.25, -0.2) is 4.39 Å². The van der Waals surface area contributed by atoms with Crippen LogP contribution in [0.4, 0.5) is 4.39 Å². The van der Waals surface area contributed by atoms with Crippen molar-refractivity contribution in [2.75, 3.05) is 0 Å². The number of benzene rings is 1. The highest BCUT2D eigenvalue weighted by Gasteiger charge is 2.30. The zero-order valence-corrected chi connectivity index (χ0v) is 14.3. The van der Waals surface area contributed by atoms with Crippen LogP contribution in [0.15, 0.2) is 34.9 Å². The number of nitrogens with zero attached hydrogens (tertiary/aromatic N) is 1. The Kier molecular flexibility index (Phi) is 6.52. The van der Waals surface area contributed by atoms with E-state index in [1.54, 1.807) is 18.2 Å². The van der Waals surface area contributed by atoms with Crippen molar-refractivity contribution in [3.8, 4) is 11.3 Å². The fourth-order valence-corrected chi connectivity index (χ4v) is 2.90. The number of aliphatic hydroxyl groups is 1. The normalized spacial score (nSPS) is 22.9. The van der Waals surface area contributed by atoms with Gasteiger partial charge >= 0.3 is 0 Å². The molecule has 0 spiro atoms. The highest BCUT2D eigenvalue weighted by Crippen LogP contribution is 2.24. The number of aromatic nitrogens is 1. The molecule has 1 aromatic carbocycles. The van der Waals surface area contributed by atoms with Gasteiger partial charge in [0, 0.05) is 23.6 Å². The Balaban J connectivity index is 0.00000225. The summed E-state index contributed by atoms with van der Waals surface area (Å²) in [5, 5.41) is 16.3. The van der Waals surface area contributed by atoms with Gasteiger partial charge in [0.15, 0.2) is 5.76 Å². The van der Waals surface area contributed by atoms with Gasteiger partial charge in [-0.3, -0.25) is 4.79 Å². The zero-order valence-electron chi connectivity index (χ0n) is 13.5. The van der Waals surface area contributed by atoms with E-state index in [2.05, 4.69) is 10.5 Å². The molecule has 6 nitrogen and oxygen atoms in total. The van der Waals surface area contributed by atoms with Gasteiger partial charge in [-0.15, -0.1) is 12.4 Å². The van der Waals surface area contributed by atoms with Crippen molar-refractivity contribution in [1.29, 1.82) is 0 Å². The van der Waals surface area contributed by atoms with Gasteiger partial charge in [0.05, 0.1) is 12.6 Å². The molecular formula is C17H21ClFN3O3. The molecule has 0 unspecified atom stereocenters. The van der Waals surface area contributed by atoms with Crippen molar-refractivity contribution in [2.24, 2.45) is 11.7 Å². The molecule has 25 heavy (non-hydrogen) atoms. The van der Waals surface area contributed by atoms with Gasteiger partial charge in [0.2, 0.25) is 5.91 Å². The number of aliphatic hydroxyl groups excluding tert-OH is 1. The summed E-state index contributed by atoms with van der Waals surface area (Å²) in [6.07, 6.45) is 1.11. The minimum Gasteiger partial charge on any atom is -0.392 e. The lowest BCUT2D eigenvalue weighted by atomic mass is 9.84. The SMILES string of the molecule is Cl.N[C@@H]1C[C@@H](C(=O)NCc2cc(-c3ccc(F)cc3)no2)CC[C@H]1O. The monoisotopic (exact) mass is 369 g/mol. The predicted molar refractivity (Wildman–Crippen MR) is 92.3 cm³/mol. The maximum atomic E-state index is 12.9. The molecule has 3 rings (SSSR count). The van der Waals surface area contributed by atoms with Gasteiger partial charge in [0.1, 0.15) is 11.5 Å². The molecule has 8 heteroatoms. The lowest BCUT2D eigenvalue weighted by molar-refractivity contribution is -0.127. The topological polar surface area (TPSA) is 101 Å². The molecule has 0 saturated heterocycles. The van der Waals surface area contributed by atoms with Crippen molar-refractivity contribution in [1.82, 2.24) is 10.5 Å². The summed E-state index contributed by atoms with van der Waals surface area (Å²) in [6.45, 7) is 0.224. The molecule has 2 aromatic rings. The molecule has 1 fully saturated rings. The molecule has 0 aliphatic heterocycles. The van der Waals surface area contributed by atoms with Crippen LogP contribution < -0.4 is 11.1 Å². The van der Waals surface area contributed by atoms with E-state index in [-0.39, 0.29) is 42.6 Å². The summed E-state index contributed by atoms with van der Waals surface area (Å²) in [7, 11) is 0. The molecule has 1 amide bonds. The van der Waals surface area contributed by atoms with E-state index in [1.165, 1.54) is 12.1 Å². The first-order valence-electron chi connectivity index (χ1n) is 7.96. The minimum absolute atomic E-state index is 0. The van der Waals surface area contributed by atoms with Crippen molar-refractivity contribution < 1.29 is 18.8 Å². The number of nitrogens with one attached hydrogen (secondary N) is 1. The second-order valence-electron chi connectivity index (χ2n) is 6.14. The third-order valence-electron chi connectivity index (χ3n) is 4.37. The molecule has 1 aliphatic carbocycles. The van der Waals surface area contributed by atoms with Gasteiger partial charge < -0.3 is 20.7 Å². The summed E-state index contributed by atoms with van der Waals surface area (Å²) in [5.41, 5.74) is 7.13. The fraction of sp³-hybridized carbons (Fsp3) is 0.412. The smallest absolute Gasteiger partial charge is 0.223 e. The summed E-state index contributed by atoms with van der Waals surface area (Å²) < 4.78 is 18.1. The lowest BCUT2D eigenvalue weighted by Gasteiger charge is -2.29. The second-order valence-corrected chi connectivity index (χ2v) is 6.14. The van der Waals surface area contributed by atoms with Crippen LogP contribution in [0.2, 0.25) is 0 Å². The van der Waals surface area contributed by atoms with Crippen LogP contribution in [0.25, 0.3) is 11.3 Å². The minimum atomic E-state index is -0.526. The molecule has 136 valence electrons. The third kappa shape index (κ3) is 4.78. The molecule has 1 aromatic heterocycles. The average molecular weight is 370 g/mol. The number of rotatable bonds is 4. The Hall–Kier alpha value is -1.96. The molecule has 4 N–H and O–H groups in total. The van der Waals surface area contributed by atoms with E-state index in [9.17, 15) is 14.3 Å². The van der Waals surface area contributed by atoms with Crippen molar-refractivity contribution in [3.63, 3.8) is 0 Å². The Morgan fingerprint density at radius 3 is 2.76 bits per heavy atom. The van der Waals surface area contributed by atoms with Gasteiger partial charge in [-0.05, 0) is 43.5 Å². The summed E-state index contributed by atoms with van der Waals surface area (Å²) in [5.74, 6) is -0.0895. The van der Waals surface area contributed by atoms with Crippen molar-refractivity contribution in [3.05, 3.63) is 41.9 Å². The molecule has 3 atom stereocenters. The van der Waals surface area contributed by atoms with Gasteiger partial charge in [-0.1, -0.05) is 5.16 Å². The maximum Gasteiger partial charge on any atom is 0.223 e.